The minimum absolute atomic E-state index is 0.292. The van der Waals surface area contributed by atoms with Gasteiger partial charge in [-0.15, -0.1) is 10.2 Å². The SMILES string of the molecule is CCn1c(SC(C)C(=O)OC)nnc1-c1cc(C)on1. The summed E-state index contributed by atoms with van der Waals surface area (Å²) in [5.74, 6) is 1.05. The summed E-state index contributed by atoms with van der Waals surface area (Å²) in [6.07, 6.45) is 0. The highest BCUT2D eigenvalue weighted by Crippen LogP contribution is 2.26. The molecule has 0 N–H and O–H groups in total. The molecular formula is C12H16N4O3S. The lowest BCUT2D eigenvalue weighted by molar-refractivity contribution is -0.139. The van der Waals surface area contributed by atoms with Gasteiger partial charge in [0.15, 0.2) is 16.7 Å². The summed E-state index contributed by atoms with van der Waals surface area (Å²) in [7, 11) is 1.37. The van der Waals surface area contributed by atoms with E-state index in [0.717, 1.165) is 0 Å². The van der Waals surface area contributed by atoms with Crippen LogP contribution in [0.2, 0.25) is 0 Å². The monoisotopic (exact) mass is 296 g/mol. The van der Waals surface area contributed by atoms with E-state index < -0.39 is 0 Å². The first-order chi connectivity index (χ1) is 9.56. The van der Waals surface area contributed by atoms with Gasteiger partial charge in [-0.3, -0.25) is 4.79 Å². The Bertz CT molecular complexity index is 608. The zero-order valence-electron chi connectivity index (χ0n) is 11.8. The molecule has 0 bridgehead atoms. The second kappa shape index (κ2) is 6.08. The number of carbonyl (C=O) groups is 1. The Balaban J connectivity index is 2.28. The van der Waals surface area contributed by atoms with Crippen molar-refractivity contribution in [3.8, 4) is 11.5 Å². The predicted octanol–water partition coefficient (Wildman–Crippen LogP) is 1.92. The molecule has 0 saturated heterocycles. The molecule has 0 radical (unpaired) electrons. The summed E-state index contributed by atoms with van der Waals surface area (Å²) in [6, 6.07) is 1.80. The van der Waals surface area contributed by atoms with Crippen LogP contribution in [0.5, 0.6) is 0 Å². The van der Waals surface area contributed by atoms with E-state index in [1.165, 1.54) is 18.9 Å². The number of aromatic nitrogens is 4. The lowest BCUT2D eigenvalue weighted by atomic mass is 10.3. The number of thioether (sulfide) groups is 1. The number of methoxy groups -OCH3 is 1. The first-order valence-corrected chi connectivity index (χ1v) is 7.06. The summed E-state index contributed by atoms with van der Waals surface area (Å²) >= 11 is 1.31. The van der Waals surface area contributed by atoms with Crippen LogP contribution >= 0.6 is 11.8 Å². The molecule has 8 heteroatoms. The maximum atomic E-state index is 11.5. The molecule has 0 aliphatic rings. The van der Waals surface area contributed by atoms with Crippen LogP contribution in [0.3, 0.4) is 0 Å². The predicted molar refractivity (Wildman–Crippen MR) is 73.3 cm³/mol. The van der Waals surface area contributed by atoms with Crippen molar-refractivity contribution in [1.29, 1.82) is 0 Å². The van der Waals surface area contributed by atoms with Gasteiger partial charge in [0.1, 0.15) is 11.0 Å². The Morgan fingerprint density at radius 2 is 2.30 bits per heavy atom. The molecule has 0 aliphatic carbocycles. The topological polar surface area (TPSA) is 83.0 Å². The van der Waals surface area contributed by atoms with E-state index in [1.54, 1.807) is 13.0 Å². The molecule has 1 atom stereocenters. The van der Waals surface area contributed by atoms with Crippen molar-refractivity contribution in [2.24, 2.45) is 0 Å². The van der Waals surface area contributed by atoms with Gasteiger partial charge in [-0.2, -0.15) is 0 Å². The van der Waals surface area contributed by atoms with E-state index in [1.807, 2.05) is 18.4 Å². The fourth-order valence-electron chi connectivity index (χ4n) is 1.69. The Labute approximate surface area is 120 Å². The van der Waals surface area contributed by atoms with Crippen molar-refractivity contribution in [3.63, 3.8) is 0 Å². The van der Waals surface area contributed by atoms with Gasteiger partial charge in [-0.25, -0.2) is 0 Å². The number of ether oxygens (including phenoxy) is 1. The van der Waals surface area contributed by atoms with Gasteiger partial charge in [0.05, 0.1) is 7.11 Å². The summed E-state index contributed by atoms with van der Waals surface area (Å²) in [5, 5.41) is 12.5. The van der Waals surface area contributed by atoms with Crippen LogP contribution in [0.1, 0.15) is 19.6 Å². The average molecular weight is 296 g/mol. The highest BCUT2D eigenvalue weighted by molar-refractivity contribution is 8.00. The van der Waals surface area contributed by atoms with Crippen LogP contribution in [-0.4, -0.2) is 38.3 Å². The van der Waals surface area contributed by atoms with Gasteiger partial charge < -0.3 is 13.8 Å². The second-order valence-electron chi connectivity index (χ2n) is 4.16. The van der Waals surface area contributed by atoms with Crippen LogP contribution < -0.4 is 0 Å². The number of hydrogen-bond donors (Lipinski definition) is 0. The second-order valence-corrected chi connectivity index (χ2v) is 5.46. The zero-order chi connectivity index (χ0) is 14.7. The van der Waals surface area contributed by atoms with Crippen molar-refractivity contribution in [1.82, 2.24) is 19.9 Å². The van der Waals surface area contributed by atoms with Crippen LogP contribution in [0, 0.1) is 6.92 Å². The van der Waals surface area contributed by atoms with E-state index in [9.17, 15) is 4.79 Å². The minimum Gasteiger partial charge on any atom is -0.468 e. The molecule has 0 spiro atoms. The third kappa shape index (κ3) is 2.84. The van der Waals surface area contributed by atoms with E-state index in [4.69, 9.17) is 9.26 Å². The molecule has 7 nitrogen and oxygen atoms in total. The van der Waals surface area contributed by atoms with Crippen LogP contribution in [0.15, 0.2) is 15.7 Å². The molecule has 2 aromatic rings. The van der Waals surface area contributed by atoms with Crippen molar-refractivity contribution in [2.45, 2.75) is 37.7 Å². The molecule has 0 amide bonds. The average Bonchev–Trinajstić information content (AvgIpc) is 3.03. The lowest BCUT2D eigenvalue weighted by Gasteiger charge is -2.09. The molecule has 0 aliphatic heterocycles. The molecular weight excluding hydrogens is 280 g/mol. The Morgan fingerprint density at radius 3 is 2.85 bits per heavy atom. The van der Waals surface area contributed by atoms with Gasteiger partial charge in [-0.1, -0.05) is 16.9 Å². The maximum absolute atomic E-state index is 11.5. The fourth-order valence-corrected chi connectivity index (χ4v) is 2.63. The molecule has 108 valence electrons. The lowest BCUT2D eigenvalue weighted by Crippen LogP contribution is -2.15. The smallest absolute Gasteiger partial charge is 0.318 e. The Hall–Kier alpha value is -1.83. The molecule has 2 heterocycles. The minimum atomic E-state index is -0.346. The fraction of sp³-hybridized carbons (Fsp3) is 0.500. The van der Waals surface area contributed by atoms with Crippen molar-refractivity contribution in [2.75, 3.05) is 7.11 Å². The number of rotatable bonds is 5. The highest BCUT2D eigenvalue weighted by Gasteiger charge is 2.21. The number of esters is 1. The molecule has 2 aromatic heterocycles. The number of aryl methyl sites for hydroxylation is 1. The number of carbonyl (C=O) groups excluding carboxylic acids is 1. The highest BCUT2D eigenvalue weighted by atomic mass is 32.2. The Kier molecular flexibility index (Phi) is 4.43. The quantitative estimate of drug-likeness (QED) is 0.615. The van der Waals surface area contributed by atoms with Crippen molar-refractivity contribution >= 4 is 17.7 Å². The molecule has 2 rings (SSSR count). The van der Waals surface area contributed by atoms with Gasteiger partial charge >= 0.3 is 5.97 Å². The Morgan fingerprint density at radius 1 is 1.55 bits per heavy atom. The first kappa shape index (κ1) is 14.6. The van der Waals surface area contributed by atoms with Gasteiger partial charge in [-0.05, 0) is 20.8 Å². The van der Waals surface area contributed by atoms with Gasteiger partial charge in [0.2, 0.25) is 0 Å². The van der Waals surface area contributed by atoms with Crippen LogP contribution in [0.4, 0.5) is 0 Å². The van der Waals surface area contributed by atoms with Crippen LogP contribution in [0.25, 0.3) is 11.5 Å². The third-order valence-corrected chi connectivity index (χ3v) is 3.76. The largest absolute Gasteiger partial charge is 0.468 e. The van der Waals surface area contributed by atoms with E-state index in [-0.39, 0.29) is 11.2 Å². The molecule has 20 heavy (non-hydrogen) atoms. The molecule has 0 fully saturated rings. The van der Waals surface area contributed by atoms with Crippen LogP contribution in [-0.2, 0) is 16.1 Å². The van der Waals surface area contributed by atoms with E-state index >= 15 is 0 Å². The maximum Gasteiger partial charge on any atom is 0.318 e. The summed E-state index contributed by atoms with van der Waals surface area (Å²) in [6.45, 7) is 6.24. The standard InChI is InChI=1S/C12H16N4O3S/c1-5-16-10(9-6-7(2)19-15-9)13-14-12(16)20-8(3)11(17)18-4/h6,8H,5H2,1-4H3. The molecule has 0 saturated carbocycles. The van der Waals surface area contributed by atoms with Gasteiger partial charge in [0, 0.05) is 12.6 Å². The number of nitrogens with zero attached hydrogens (tertiary/aromatic N) is 4. The van der Waals surface area contributed by atoms with Gasteiger partial charge in [0.25, 0.3) is 0 Å². The van der Waals surface area contributed by atoms with Crippen molar-refractivity contribution in [3.05, 3.63) is 11.8 Å². The molecule has 0 aromatic carbocycles. The van der Waals surface area contributed by atoms with E-state index in [0.29, 0.717) is 29.0 Å². The molecule has 1 unspecified atom stereocenters. The normalized spacial score (nSPS) is 12.4. The first-order valence-electron chi connectivity index (χ1n) is 6.18. The third-order valence-electron chi connectivity index (χ3n) is 2.71. The summed E-state index contributed by atoms with van der Waals surface area (Å²) in [5.41, 5.74) is 0.634. The van der Waals surface area contributed by atoms with E-state index in [2.05, 4.69) is 15.4 Å². The summed E-state index contributed by atoms with van der Waals surface area (Å²) in [4.78, 5) is 11.5. The zero-order valence-corrected chi connectivity index (χ0v) is 12.6. The number of hydrogen-bond acceptors (Lipinski definition) is 7. The van der Waals surface area contributed by atoms with Crippen molar-refractivity contribution < 1.29 is 14.1 Å². The summed E-state index contributed by atoms with van der Waals surface area (Å²) < 4.78 is 11.7.